The molecular weight excluding hydrogens is 300 g/mol. The van der Waals surface area contributed by atoms with Crippen molar-refractivity contribution in [2.75, 3.05) is 23.8 Å². The molecule has 2 aromatic carbocycles. The number of nitrogens with one attached hydrogen (secondary N) is 2. The SMILES string of the molecule is CCCCCCOc1cccc(NC(=O)CNc2ccccc2)c1. The van der Waals surface area contributed by atoms with Gasteiger partial charge in [0.25, 0.3) is 0 Å². The number of carbonyl (C=O) groups excluding carboxylic acids is 1. The number of ether oxygens (including phenoxy) is 1. The minimum Gasteiger partial charge on any atom is -0.494 e. The Kier molecular flexibility index (Phi) is 7.68. The first-order chi connectivity index (χ1) is 11.8. The lowest BCUT2D eigenvalue weighted by Crippen LogP contribution is -2.21. The Morgan fingerprint density at radius 2 is 1.75 bits per heavy atom. The first-order valence-corrected chi connectivity index (χ1v) is 8.59. The van der Waals surface area contributed by atoms with Crippen molar-refractivity contribution in [3.05, 3.63) is 54.6 Å². The molecule has 0 aliphatic heterocycles. The van der Waals surface area contributed by atoms with Gasteiger partial charge in [-0.05, 0) is 30.7 Å². The van der Waals surface area contributed by atoms with E-state index < -0.39 is 0 Å². The fourth-order valence-corrected chi connectivity index (χ4v) is 2.33. The van der Waals surface area contributed by atoms with Crippen LogP contribution in [0.5, 0.6) is 5.75 Å². The highest BCUT2D eigenvalue weighted by molar-refractivity contribution is 5.93. The van der Waals surface area contributed by atoms with Crippen molar-refractivity contribution >= 4 is 17.3 Å². The largest absolute Gasteiger partial charge is 0.494 e. The van der Waals surface area contributed by atoms with Crippen molar-refractivity contribution in [3.8, 4) is 5.75 Å². The predicted molar refractivity (Wildman–Crippen MR) is 99.6 cm³/mol. The van der Waals surface area contributed by atoms with Crippen LogP contribution in [-0.4, -0.2) is 19.1 Å². The summed E-state index contributed by atoms with van der Waals surface area (Å²) in [5.74, 6) is 0.708. The van der Waals surface area contributed by atoms with E-state index in [9.17, 15) is 4.79 Å². The van der Waals surface area contributed by atoms with Crippen LogP contribution in [0.2, 0.25) is 0 Å². The molecule has 128 valence electrons. The van der Waals surface area contributed by atoms with Crippen molar-refractivity contribution in [1.82, 2.24) is 0 Å². The van der Waals surface area contributed by atoms with Gasteiger partial charge in [-0.15, -0.1) is 0 Å². The lowest BCUT2D eigenvalue weighted by molar-refractivity contribution is -0.114. The molecule has 24 heavy (non-hydrogen) atoms. The van der Waals surface area contributed by atoms with Gasteiger partial charge < -0.3 is 15.4 Å². The fourth-order valence-electron chi connectivity index (χ4n) is 2.33. The summed E-state index contributed by atoms with van der Waals surface area (Å²) < 4.78 is 5.74. The van der Waals surface area contributed by atoms with E-state index in [-0.39, 0.29) is 12.5 Å². The summed E-state index contributed by atoms with van der Waals surface area (Å²) >= 11 is 0. The molecule has 0 atom stereocenters. The first-order valence-electron chi connectivity index (χ1n) is 8.59. The standard InChI is InChI=1S/C20H26N2O2/c1-2-3-4-8-14-24-19-13-9-12-18(15-19)22-20(23)16-21-17-10-6-5-7-11-17/h5-7,9-13,15,21H,2-4,8,14,16H2,1H3,(H,22,23). The Morgan fingerprint density at radius 1 is 0.958 bits per heavy atom. The lowest BCUT2D eigenvalue weighted by Gasteiger charge is -2.10. The van der Waals surface area contributed by atoms with Crippen LogP contribution in [0.3, 0.4) is 0 Å². The van der Waals surface area contributed by atoms with Gasteiger partial charge in [0.05, 0.1) is 13.2 Å². The number of rotatable bonds is 10. The topological polar surface area (TPSA) is 50.4 Å². The van der Waals surface area contributed by atoms with Gasteiger partial charge in [0.1, 0.15) is 5.75 Å². The third-order valence-electron chi connectivity index (χ3n) is 3.61. The summed E-state index contributed by atoms with van der Waals surface area (Å²) in [6.45, 7) is 3.14. The highest BCUT2D eigenvalue weighted by atomic mass is 16.5. The van der Waals surface area contributed by atoms with Crippen LogP contribution in [0, 0.1) is 0 Å². The third kappa shape index (κ3) is 6.73. The number of carbonyl (C=O) groups is 1. The van der Waals surface area contributed by atoms with Gasteiger partial charge in [0, 0.05) is 17.4 Å². The minimum absolute atomic E-state index is 0.0843. The van der Waals surface area contributed by atoms with Gasteiger partial charge in [-0.2, -0.15) is 0 Å². The third-order valence-corrected chi connectivity index (χ3v) is 3.61. The number of hydrogen-bond acceptors (Lipinski definition) is 3. The van der Waals surface area contributed by atoms with E-state index in [1.165, 1.54) is 19.3 Å². The molecule has 0 unspecified atom stereocenters. The molecule has 2 N–H and O–H groups in total. The molecule has 4 heteroatoms. The number of hydrogen-bond donors (Lipinski definition) is 2. The van der Waals surface area contributed by atoms with Gasteiger partial charge in [0.15, 0.2) is 0 Å². The van der Waals surface area contributed by atoms with E-state index in [0.717, 1.165) is 23.5 Å². The van der Waals surface area contributed by atoms with E-state index in [0.29, 0.717) is 6.61 Å². The molecule has 0 aliphatic carbocycles. The molecule has 0 aliphatic rings. The highest BCUT2D eigenvalue weighted by Gasteiger charge is 2.03. The number of unbranched alkanes of at least 4 members (excludes halogenated alkanes) is 3. The predicted octanol–water partition coefficient (Wildman–Crippen LogP) is 4.70. The summed E-state index contributed by atoms with van der Waals surface area (Å²) in [4.78, 5) is 12.0. The fraction of sp³-hybridized carbons (Fsp3) is 0.350. The van der Waals surface area contributed by atoms with Gasteiger partial charge >= 0.3 is 0 Å². The average Bonchev–Trinajstić information content (AvgIpc) is 2.61. The van der Waals surface area contributed by atoms with Crippen LogP contribution in [0.15, 0.2) is 54.6 Å². The van der Waals surface area contributed by atoms with Crippen LogP contribution < -0.4 is 15.4 Å². The van der Waals surface area contributed by atoms with Crippen LogP contribution in [0.1, 0.15) is 32.6 Å². The van der Waals surface area contributed by atoms with Crippen molar-refractivity contribution in [2.45, 2.75) is 32.6 Å². The summed E-state index contributed by atoms with van der Waals surface area (Å²) in [5, 5.41) is 5.97. The van der Waals surface area contributed by atoms with Gasteiger partial charge in [-0.3, -0.25) is 4.79 Å². The van der Waals surface area contributed by atoms with Crippen molar-refractivity contribution in [2.24, 2.45) is 0 Å². The zero-order chi connectivity index (χ0) is 17.0. The van der Waals surface area contributed by atoms with E-state index in [2.05, 4.69) is 17.6 Å². The molecule has 2 aromatic rings. The molecule has 2 rings (SSSR count). The number of para-hydroxylation sites is 1. The smallest absolute Gasteiger partial charge is 0.243 e. The summed E-state index contributed by atoms with van der Waals surface area (Å²) in [5.41, 5.74) is 1.68. The maximum absolute atomic E-state index is 12.0. The molecule has 0 bridgehead atoms. The average molecular weight is 326 g/mol. The molecule has 0 radical (unpaired) electrons. The van der Waals surface area contributed by atoms with E-state index in [1.54, 1.807) is 0 Å². The Hall–Kier alpha value is -2.49. The number of anilines is 2. The molecule has 0 spiro atoms. The van der Waals surface area contributed by atoms with Crippen molar-refractivity contribution < 1.29 is 9.53 Å². The zero-order valence-electron chi connectivity index (χ0n) is 14.3. The second-order valence-corrected chi connectivity index (χ2v) is 5.70. The molecule has 0 saturated heterocycles. The molecular formula is C20H26N2O2. The van der Waals surface area contributed by atoms with Crippen LogP contribution in [-0.2, 0) is 4.79 Å². The van der Waals surface area contributed by atoms with E-state index >= 15 is 0 Å². The molecule has 4 nitrogen and oxygen atoms in total. The van der Waals surface area contributed by atoms with Crippen LogP contribution in [0.25, 0.3) is 0 Å². The monoisotopic (exact) mass is 326 g/mol. The lowest BCUT2D eigenvalue weighted by atomic mass is 10.2. The number of amides is 1. The van der Waals surface area contributed by atoms with Gasteiger partial charge in [0.2, 0.25) is 5.91 Å². The molecule has 0 saturated carbocycles. The number of benzene rings is 2. The van der Waals surface area contributed by atoms with Crippen LogP contribution in [0.4, 0.5) is 11.4 Å². The van der Waals surface area contributed by atoms with Gasteiger partial charge in [-0.1, -0.05) is 50.5 Å². The van der Waals surface area contributed by atoms with Crippen molar-refractivity contribution in [3.63, 3.8) is 0 Å². The summed E-state index contributed by atoms with van der Waals surface area (Å²) in [7, 11) is 0. The maximum Gasteiger partial charge on any atom is 0.243 e. The Bertz CT molecular complexity index is 614. The van der Waals surface area contributed by atoms with E-state index in [4.69, 9.17) is 4.74 Å². The molecule has 0 fully saturated rings. The zero-order valence-corrected chi connectivity index (χ0v) is 14.3. The Labute approximate surface area is 144 Å². The summed E-state index contributed by atoms with van der Waals surface area (Å²) in [6, 6.07) is 17.2. The maximum atomic E-state index is 12.0. The minimum atomic E-state index is -0.0843. The van der Waals surface area contributed by atoms with Crippen molar-refractivity contribution in [1.29, 1.82) is 0 Å². The summed E-state index contributed by atoms with van der Waals surface area (Å²) in [6.07, 6.45) is 4.72. The Morgan fingerprint density at radius 3 is 2.54 bits per heavy atom. The molecule has 0 heterocycles. The second-order valence-electron chi connectivity index (χ2n) is 5.70. The normalized spacial score (nSPS) is 10.2. The second kappa shape index (κ2) is 10.3. The highest BCUT2D eigenvalue weighted by Crippen LogP contribution is 2.18. The molecule has 0 aromatic heterocycles. The van der Waals surface area contributed by atoms with Crippen LogP contribution >= 0.6 is 0 Å². The van der Waals surface area contributed by atoms with E-state index in [1.807, 2.05) is 54.6 Å². The quantitative estimate of drug-likeness (QED) is 0.622. The Balaban J connectivity index is 1.75. The first kappa shape index (κ1) is 17.9. The molecule has 1 amide bonds. The van der Waals surface area contributed by atoms with Gasteiger partial charge in [-0.25, -0.2) is 0 Å².